The van der Waals surface area contributed by atoms with E-state index in [4.69, 9.17) is 4.98 Å². The van der Waals surface area contributed by atoms with E-state index in [0.29, 0.717) is 0 Å². The maximum absolute atomic E-state index is 4.79. The predicted octanol–water partition coefficient (Wildman–Crippen LogP) is 2.99. The maximum Gasteiger partial charge on any atom is 0.103 e. The smallest absolute Gasteiger partial charge is 0.103 e. The predicted molar refractivity (Wildman–Crippen MR) is 68.7 cm³/mol. The summed E-state index contributed by atoms with van der Waals surface area (Å²) in [6, 6.07) is 0. The van der Waals surface area contributed by atoms with Crippen molar-refractivity contribution in [2.75, 3.05) is 12.8 Å². The summed E-state index contributed by atoms with van der Waals surface area (Å²) in [5, 5.41) is 4.55. The van der Waals surface area contributed by atoms with Crippen LogP contribution in [0.15, 0.2) is 0 Å². The lowest BCUT2D eigenvalue weighted by Crippen LogP contribution is -2.05. The molecule has 15 heavy (non-hydrogen) atoms. The van der Waals surface area contributed by atoms with Gasteiger partial charge in [-0.05, 0) is 25.6 Å². The lowest BCUT2D eigenvalue weighted by molar-refractivity contribution is 0.812. The molecule has 1 aromatic rings. The van der Waals surface area contributed by atoms with E-state index in [9.17, 15) is 0 Å². The molecule has 2 nitrogen and oxygen atoms in total. The van der Waals surface area contributed by atoms with Crippen LogP contribution in [0.4, 0.5) is 0 Å². The fourth-order valence-electron chi connectivity index (χ4n) is 1.63. The monoisotopic (exact) mass is 242 g/mol. The summed E-state index contributed by atoms with van der Waals surface area (Å²) in [7, 11) is 2.01. The molecule has 0 amide bonds. The minimum absolute atomic E-state index is 0.782. The van der Waals surface area contributed by atoms with Crippen molar-refractivity contribution in [1.29, 1.82) is 0 Å². The van der Waals surface area contributed by atoms with Crippen LogP contribution < -0.4 is 5.32 Å². The van der Waals surface area contributed by atoms with Gasteiger partial charge in [0.15, 0.2) is 0 Å². The number of hydrogen-bond donors (Lipinski definition) is 1. The Morgan fingerprint density at radius 1 is 1.53 bits per heavy atom. The first-order valence-electron chi connectivity index (χ1n) is 5.56. The van der Waals surface area contributed by atoms with Crippen molar-refractivity contribution < 1.29 is 0 Å². The van der Waals surface area contributed by atoms with E-state index in [-0.39, 0.29) is 0 Å². The Balaban J connectivity index is 2.08. The largest absolute Gasteiger partial charge is 0.315 e. The van der Waals surface area contributed by atoms with E-state index in [1.807, 2.05) is 30.1 Å². The van der Waals surface area contributed by atoms with Crippen molar-refractivity contribution in [3.63, 3.8) is 0 Å². The number of nitrogens with zero attached hydrogens (tertiary/aromatic N) is 1. The summed E-state index contributed by atoms with van der Waals surface area (Å²) in [6.45, 7) is 3.19. The lowest BCUT2D eigenvalue weighted by Gasteiger charge is -1.97. The van der Waals surface area contributed by atoms with Crippen LogP contribution in [0.5, 0.6) is 0 Å². The number of thioether (sulfide) groups is 1. The highest BCUT2D eigenvalue weighted by Gasteiger charge is 2.29. The van der Waals surface area contributed by atoms with Gasteiger partial charge in [-0.25, -0.2) is 4.98 Å². The Kier molecular flexibility index (Phi) is 4.05. The second-order valence-electron chi connectivity index (χ2n) is 3.86. The second kappa shape index (κ2) is 5.32. The zero-order chi connectivity index (χ0) is 10.7. The van der Waals surface area contributed by atoms with Crippen LogP contribution in [0.1, 0.15) is 41.3 Å². The average molecular weight is 242 g/mol. The second-order valence-corrected chi connectivity index (χ2v) is 6.30. The van der Waals surface area contributed by atoms with Gasteiger partial charge in [-0.1, -0.05) is 6.92 Å². The first kappa shape index (κ1) is 11.4. The van der Waals surface area contributed by atoms with Crippen molar-refractivity contribution in [1.82, 2.24) is 10.3 Å². The molecule has 1 N–H and O–H groups in total. The van der Waals surface area contributed by atoms with Crippen molar-refractivity contribution in [3.05, 3.63) is 15.6 Å². The lowest BCUT2D eigenvalue weighted by atomic mass is 10.2. The Labute approximate surface area is 99.9 Å². The number of hydrogen-bond acceptors (Lipinski definition) is 4. The highest BCUT2D eigenvalue weighted by Crippen LogP contribution is 2.42. The van der Waals surface area contributed by atoms with E-state index in [0.717, 1.165) is 18.2 Å². The minimum atomic E-state index is 0.782. The molecule has 0 atom stereocenters. The first-order valence-corrected chi connectivity index (χ1v) is 7.53. The maximum atomic E-state index is 4.79. The number of rotatable bonds is 6. The van der Waals surface area contributed by atoms with E-state index in [2.05, 4.69) is 12.2 Å². The zero-order valence-electron chi connectivity index (χ0n) is 9.38. The van der Waals surface area contributed by atoms with Gasteiger partial charge in [0.05, 0.1) is 5.69 Å². The quantitative estimate of drug-likeness (QED) is 0.830. The molecule has 1 aliphatic carbocycles. The summed E-state index contributed by atoms with van der Waals surface area (Å²) < 4.78 is 0. The molecular weight excluding hydrogens is 224 g/mol. The average Bonchev–Trinajstić information content (AvgIpc) is 3.00. The molecule has 2 rings (SSSR count). The molecule has 0 aliphatic heterocycles. The molecule has 0 radical (unpaired) electrons. The zero-order valence-corrected chi connectivity index (χ0v) is 11.0. The van der Waals surface area contributed by atoms with Crippen molar-refractivity contribution in [2.24, 2.45) is 0 Å². The third-order valence-corrected chi connectivity index (χ3v) is 4.64. The molecule has 1 fully saturated rings. The Morgan fingerprint density at radius 3 is 2.93 bits per heavy atom. The van der Waals surface area contributed by atoms with Crippen LogP contribution in [-0.4, -0.2) is 17.8 Å². The number of thiazole rings is 1. The van der Waals surface area contributed by atoms with Crippen LogP contribution in [0.2, 0.25) is 0 Å². The summed E-state index contributed by atoms with van der Waals surface area (Å²) in [4.78, 5) is 6.25. The van der Waals surface area contributed by atoms with Gasteiger partial charge in [0.25, 0.3) is 0 Å². The SMILES string of the molecule is CCSCc1nc(C2CC2)c(CNC)s1. The van der Waals surface area contributed by atoms with Gasteiger partial charge in [0.2, 0.25) is 0 Å². The fraction of sp³-hybridized carbons (Fsp3) is 0.727. The van der Waals surface area contributed by atoms with Crippen molar-refractivity contribution in [2.45, 2.75) is 38.0 Å². The molecule has 1 saturated carbocycles. The van der Waals surface area contributed by atoms with Gasteiger partial charge >= 0.3 is 0 Å². The van der Waals surface area contributed by atoms with Crippen molar-refractivity contribution in [3.8, 4) is 0 Å². The molecule has 1 aliphatic rings. The number of nitrogens with one attached hydrogen (secondary N) is 1. The molecule has 84 valence electrons. The highest BCUT2D eigenvalue weighted by molar-refractivity contribution is 7.98. The van der Waals surface area contributed by atoms with Crippen LogP contribution in [0, 0.1) is 0 Å². The molecule has 0 spiro atoms. The summed E-state index contributed by atoms with van der Waals surface area (Å²) in [5.74, 6) is 3.05. The van der Waals surface area contributed by atoms with Gasteiger partial charge in [-0.3, -0.25) is 0 Å². The minimum Gasteiger partial charge on any atom is -0.315 e. The molecule has 1 heterocycles. The normalized spacial score (nSPS) is 15.9. The highest BCUT2D eigenvalue weighted by atomic mass is 32.2. The van der Waals surface area contributed by atoms with Crippen molar-refractivity contribution >= 4 is 23.1 Å². The first-order chi connectivity index (χ1) is 7.35. The van der Waals surface area contributed by atoms with Crippen LogP contribution in [0.25, 0.3) is 0 Å². The van der Waals surface area contributed by atoms with Crippen LogP contribution in [-0.2, 0) is 12.3 Å². The molecule has 0 saturated heterocycles. The Hall–Kier alpha value is -0.0600. The summed E-state index contributed by atoms with van der Waals surface area (Å²) in [5.41, 5.74) is 1.39. The molecule has 0 bridgehead atoms. The van der Waals surface area contributed by atoms with Gasteiger partial charge in [0, 0.05) is 23.1 Å². The topological polar surface area (TPSA) is 24.9 Å². The Bertz CT molecular complexity index is 318. The third kappa shape index (κ3) is 2.95. The van der Waals surface area contributed by atoms with Gasteiger partial charge < -0.3 is 5.32 Å². The van der Waals surface area contributed by atoms with E-state index >= 15 is 0 Å². The van der Waals surface area contributed by atoms with Crippen LogP contribution >= 0.6 is 23.1 Å². The summed E-state index contributed by atoms with van der Waals surface area (Å²) in [6.07, 6.45) is 2.70. The molecule has 0 unspecified atom stereocenters. The number of aromatic nitrogens is 1. The molecule has 1 aromatic heterocycles. The molecule has 0 aromatic carbocycles. The fourth-order valence-corrected chi connectivity index (χ4v) is 3.52. The molecular formula is C11H18N2S2. The third-order valence-electron chi connectivity index (χ3n) is 2.50. The molecule has 4 heteroatoms. The van der Waals surface area contributed by atoms with E-state index < -0.39 is 0 Å². The Morgan fingerprint density at radius 2 is 2.33 bits per heavy atom. The van der Waals surface area contributed by atoms with E-state index in [1.54, 1.807) is 0 Å². The van der Waals surface area contributed by atoms with Gasteiger partial charge in [-0.2, -0.15) is 11.8 Å². The van der Waals surface area contributed by atoms with Gasteiger partial charge in [-0.15, -0.1) is 11.3 Å². The standard InChI is InChI=1S/C11H18N2S2/c1-3-14-7-10-13-11(8-4-5-8)9(15-10)6-12-2/h8,12H,3-7H2,1-2H3. The van der Waals surface area contributed by atoms with Gasteiger partial charge in [0.1, 0.15) is 5.01 Å². The van der Waals surface area contributed by atoms with Crippen LogP contribution in [0.3, 0.4) is 0 Å². The summed E-state index contributed by atoms with van der Waals surface area (Å²) >= 11 is 3.86. The van der Waals surface area contributed by atoms with E-state index in [1.165, 1.54) is 34.2 Å².